The van der Waals surface area contributed by atoms with E-state index >= 15 is 0 Å². The molecule has 0 radical (unpaired) electrons. The molecule has 0 aromatic heterocycles. The maximum absolute atomic E-state index is 11.1. The van der Waals surface area contributed by atoms with E-state index in [1.807, 2.05) is 0 Å². The maximum Gasteiger partial charge on any atom is 0.301 e. The van der Waals surface area contributed by atoms with Crippen molar-refractivity contribution in [1.29, 1.82) is 5.26 Å². The van der Waals surface area contributed by atoms with Gasteiger partial charge >= 0.3 is 5.69 Å². The van der Waals surface area contributed by atoms with E-state index in [0.29, 0.717) is 0 Å². The first-order chi connectivity index (χ1) is 7.29. The van der Waals surface area contributed by atoms with Crippen molar-refractivity contribution in [2.24, 2.45) is 0 Å². The van der Waals surface area contributed by atoms with Gasteiger partial charge in [0.1, 0.15) is 11.0 Å². The lowest BCUT2D eigenvalue weighted by molar-refractivity contribution is -0.386. The highest BCUT2D eigenvalue weighted by Gasteiger charge is 2.27. The van der Waals surface area contributed by atoms with Gasteiger partial charge in [-0.15, -0.1) is 0 Å². The summed E-state index contributed by atoms with van der Waals surface area (Å²) < 4.78 is 22.3. The predicted molar refractivity (Wildman–Crippen MR) is 63.6 cm³/mol. The van der Waals surface area contributed by atoms with Gasteiger partial charge in [-0.1, -0.05) is 0 Å². The number of nitrogens with zero attached hydrogens (tertiary/aromatic N) is 2. The molecule has 0 saturated heterocycles. The van der Waals surface area contributed by atoms with Gasteiger partial charge in [0.25, 0.3) is 9.05 Å². The average molecular weight is 373 g/mol. The summed E-state index contributed by atoms with van der Waals surface area (Å²) in [5, 5.41) is 19.4. The molecule has 0 N–H and O–H groups in total. The van der Waals surface area contributed by atoms with Gasteiger partial charge in [0.2, 0.25) is 0 Å². The van der Waals surface area contributed by atoms with Crippen LogP contribution in [0.3, 0.4) is 0 Å². The summed E-state index contributed by atoms with van der Waals surface area (Å²) in [7, 11) is 0.891. The summed E-state index contributed by atoms with van der Waals surface area (Å²) in [6.07, 6.45) is 0. The molecule has 0 aliphatic rings. The number of rotatable bonds is 2. The van der Waals surface area contributed by atoms with Crippen molar-refractivity contribution < 1.29 is 13.3 Å². The van der Waals surface area contributed by atoms with E-state index in [0.717, 1.165) is 6.07 Å². The molecular formula is C7H2ClIN2O4S. The summed E-state index contributed by atoms with van der Waals surface area (Å²) in [6, 6.07) is 3.77. The number of nitro benzene ring substituents is 1. The van der Waals surface area contributed by atoms with Crippen LogP contribution in [0.15, 0.2) is 17.0 Å². The van der Waals surface area contributed by atoms with Crippen LogP contribution in [0.25, 0.3) is 0 Å². The van der Waals surface area contributed by atoms with Crippen LogP contribution in [0.1, 0.15) is 5.56 Å². The normalized spacial score (nSPS) is 10.8. The molecule has 0 spiro atoms. The number of nitriles is 1. The van der Waals surface area contributed by atoms with Gasteiger partial charge < -0.3 is 0 Å². The number of hydrogen-bond donors (Lipinski definition) is 0. The summed E-state index contributed by atoms with van der Waals surface area (Å²) in [4.78, 5) is 9.33. The lowest BCUT2D eigenvalue weighted by Crippen LogP contribution is -2.02. The summed E-state index contributed by atoms with van der Waals surface area (Å²) in [5.74, 6) is 0. The number of halogens is 2. The fraction of sp³-hybridized carbons (Fsp3) is 0. The molecule has 0 fully saturated rings. The van der Waals surface area contributed by atoms with Crippen molar-refractivity contribution in [3.8, 4) is 6.07 Å². The van der Waals surface area contributed by atoms with Gasteiger partial charge in [-0.2, -0.15) is 5.26 Å². The molecule has 1 aromatic rings. The van der Waals surface area contributed by atoms with Gasteiger partial charge in [-0.3, -0.25) is 10.1 Å². The second-order valence-corrected chi connectivity index (χ2v) is 6.27. The monoisotopic (exact) mass is 372 g/mol. The Balaban J connectivity index is 3.79. The van der Waals surface area contributed by atoms with Crippen LogP contribution >= 0.6 is 33.3 Å². The first kappa shape index (κ1) is 13.1. The molecule has 0 saturated carbocycles. The van der Waals surface area contributed by atoms with Crippen molar-refractivity contribution in [2.75, 3.05) is 0 Å². The minimum atomic E-state index is -4.18. The zero-order valence-electron chi connectivity index (χ0n) is 7.35. The van der Waals surface area contributed by atoms with Gasteiger partial charge in [0, 0.05) is 10.7 Å². The van der Waals surface area contributed by atoms with Crippen molar-refractivity contribution >= 4 is 48.0 Å². The molecule has 0 unspecified atom stereocenters. The van der Waals surface area contributed by atoms with E-state index in [-0.39, 0.29) is 3.57 Å². The smallest absolute Gasteiger partial charge is 0.258 e. The van der Waals surface area contributed by atoms with Crippen LogP contribution < -0.4 is 0 Å². The second kappa shape index (κ2) is 4.52. The minimum absolute atomic E-state index is 0.170. The average Bonchev–Trinajstić information content (AvgIpc) is 2.14. The minimum Gasteiger partial charge on any atom is -0.258 e. The standard InChI is InChI=1S/C7H2ClIN2O4S/c8-16(14,15)6-2-1-5(9)7(11(12)13)4(6)3-10/h1-2H. The van der Waals surface area contributed by atoms with E-state index in [2.05, 4.69) is 0 Å². The Labute approximate surface area is 109 Å². The quantitative estimate of drug-likeness (QED) is 0.342. The number of benzene rings is 1. The molecule has 0 heterocycles. The molecule has 0 amide bonds. The zero-order valence-corrected chi connectivity index (χ0v) is 11.1. The molecule has 1 rings (SSSR count). The van der Waals surface area contributed by atoms with Crippen molar-refractivity contribution in [2.45, 2.75) is 4.90 Å². The van der Waals surface area contributed by atoms with Crippen molar-refractivity contribution in [3.05, 3.63) is 31.4 Å². The van der Waals surface area contributed by atoms with Gasteiger partial charge in [0.15, 0.2) is 5.56 Å². The van der Waals surface area contributed by atoms with E-state index in [4.69, 9.17) is 15.9 Å². The first-order valence-electron chi connectivity index (χ1n) is 3.60. The highest BCUT2D eigenvalue weighted by atomic mass is 127. The molecule has 0 aliphatic heterocycles. The van der Waals surface area contributed by atoms with Gasteiger partial charge in [-0.25, -0.2) is 8.42 Å². The van der Waals surface area contributed by atoms with E-state index in [1.165, 1.54) is 12.1 Å². The Morgan fingerprint density at radius 3 is 2.44 bits per heavy atom. The third-order valence-electron chi connectivity index (χ3n) is 1.65. The SMILES string of the molecule is N#Cc1c(S(=O)(=O)Cl)ccc(I)c1[N+](=O)[O-]. The highest BCUT2D eigenvalue weighted by Crippen LogP contribution is 2.31. The van der Waals surface area contributed by atoms with E-state index in [1.54, 1.807) is 22.6 Å². The van der Waals surface area contributed by atoms with Crippen molar-refractivity contribution in [1.82, 2.24) is 0 Å². The Morgan fingerprint density at radius 2 is 2.06 bits per heavy atom. The lowest BCUT2D eigenvalue weighted by atomic mass is 10.2. The van der Waals surface area contributed by atoms with Gasteiger partial charge in [-0.05, 0) is 34.7 Å². The Bertz CT molecular complexity index is 608. The molecule has 0 aliphatic carbocycles. The molecule has 16 heavy (non-hydrogen) atoms. The number of nitro groups is 1. The summed E-state index contributed by atoms with van der Waals surface area (Å²) in [5.41, 5.74) is -1.10. The summed E-state index contributed by atoms with van der Waals surface area (Å²) >= 11 is 1.64. The molecule has 1 aromatic carbocycles. The zero-order chi connectivity index (χ0) is 12.5. The molecular weight excluding hydrogens is 371 g/mol. The molecule has 6 nitrogen and oxygen atoms in total. The largest absolute Gasteiger partial charge is 0.301 e. The predicted octanol–water partition coefficient (Wildman–Crippen LogP) is 2.00. The van der Waals surface area contributed by atoms with Crippen LogP contribution in [0.4, 0.5) is 5.69 Å². The molecule has 84 valence electrons. The second-order valence-electron chi connectivity index (χ2n) is 2.58. The van der Waals surface area contributed by atoms with Crippen LogP contribution in [-0.4, -0.2) is 13.3 Å². The molecule has 0 atom stereocenters. The Morgan fingerprint density at radius 1 is 1.50 bits per heavy atom. The first-order valence-corrected chi connectivity index (χ1v) is 6.99. The Kier molecular flexibility index (Phi) is 3.72. The maximum atomic E-state index is 11.1. The number of hydrogen-bond acceptors (Lipinski definition) is 5. The lowest BCUT2D eigenvalue weighted by Gasteiger charge is -2.02. The van der Waals surface area contributed by atoms with Crippen LogP contribution in [-0.2, 0) is 9.05 Å². The van der Waals surface area contributed by atoms with Crippen molar-refractivity contribution in [3.63, 3.8) is 0 Å². The van der Waals surface area contributed by atoms with Gasteiger partial charge in [0.05, 0.1) is 8.49 Å². The van der Waals surface area contributed by atoms with Crippen LogP contribution in [0, 0.1) is 25.0 Å². The summed E-state index contributed by atoms with van der Waals surface area (Å²) in [6.45, 7) is 0. The molecule has 9 heteroatoms. The van der Waals surface area contributed by atoms with Crippen LogP contribution in [0.2, 0.25) is 0 Å². The molecule has 0 bridgehead atoms. The third-order valence-corrected chi connectivity index (χ3v) is 3.88. The fourth-order valence-electron chi connectivity index (χ4n) is 1.04. The Hall–Kier alpha value is -0.920. The third kappa shape index (κ3) is 2.42. The topological polar surface area (TPSA) is 101 Å². The van der Waals surface area contributed by atoms with E-state index in [9.17, 15) is 18.5 Å². The highest BCUT2D eigenvalue weighted by molar-refractivity contribution is 14.1. The fourth-order valence-corrected chi connectivity index (χ4v) is 2.69. The van der Waals surface area contributed by atoms with Crippen LogP contribution in [0.5, 0.6) is 0 Å². The van der Waals surface area contributed by atoms with E-state index < -0.39 is 30.1 Å².